The molecule has 58 valence electrons. The lowest BCUT2D eigenvalue weighted by Crippen LogP contribution is -2.22. The smallest absolute Gasteiger partial charge is 0.203 e. The fourth-order valence-electron chi connectivity index (χ4n) is 1.19. The van der Waals surface area contributed by atoms with Crippen LogP contribution in [0.4, 0.5) is 0 Å². The summed E-state index contributed by atoms with van der Waals surface area (Å²) in [7, 11) is 0. The third kappa shape index (κ3) is 1.04. The summed E-state index contributed by atoms with van der Waals surface area (Å²) in [6, 6.07) is 0. The molecule has 0 radical (unpaired) electrons. The third-order valence-corrected chi connectivity index (χ3v) is 2.13. The van der Waals surface area contributed by atoms with Gasteiger partial charge in [-0.05, 0) is 12.8 Å². The van der Waals surface area contributed by atoms with Crippen LogP contribution < -0.4 is 0 Å². The summed E-state index contributed by atoms with van der Waals surface area (Å²) in [6.45, 7) is 0. The van der Waals surface area contributed by atoms with Crippen LogP contribution in [0.25, 0.3) is 0 Å². The van der Waals surface area contributed by atoms with Crippen LogP contribution in [0, 0.1) is 5.92 Å². The van der Waals surface area contributed by atoms with Crippen LogP contribution in [-0.4, -0.2) is 21.0 Å². The molecule has 4 heteroatoms. The monoisotopic (exact) mass is 151 g/mol. The Morgan fingerprint density at radius 1 is 1.64 bits per heavy atom. The van der Waals surface area contributed by atoms with E-state index < -0.39 is 0 Å². The fourth-order valence-corrected chi connectivity index (χ4v) is 1.19. The summed E-state index contributed by atoms with van der Waals surface area (Å²) in [6.07, 6.45) is 4.63. The number of aromatic nitrogens is 3. The summed E-state index contributed by atoms with van der Waals surface area (Å²) in [5.74, 6) is 0.742. The lowest BCUT2D eigenvalue weighted by atomic mass is 9.82. The Labute approximate surface area is 64.0 Å². The maximum atomic E-state index is 11.4. The first-order valence-corrected chi connectivity index (χ1v) is 3.78. The zero-order valence-electron chi connectivity index (χ0n) is 6.08. The van der Waals surface area contributed by atoms with E-state index in [4.69, 9.17) is 0 Å². The number of carbonyl (C=O) groups is 1. The first-order chi connectivity index (χ1) is 5.38. The maximum absolute atomic E-state index is 11.4. The van der Waals surface area contributed by atoms with E-state index in [1.165, 1.54) is 12.7 Å². The van der Waals surface area contributed by atoms with E-state index in [-0.39, 0.29) is 11.7 Å². The SMILES string of the molecule is O=C(c1nnc[nH]1)C1CCC1. The Hall–Kier alpha value is -1.19. The number of nitrogens with one attached hydrogen (secondary N) is 1. The van der Waals surface area contributed by atoms with Gasteiger partial charge in [0.05, 0.1) is 0 Å². The number of hydrogen-bond donors (Lipinski definition) is 1. The van der Waals surface area contributed by atoms with Crippen LogP contribution in [0.5, 0.6) is 0 Å². The summed E-state index contributed by atoms with van der Waals surface area (Å²) in [5.41, 5.74) is 0. The highest BCUT2D eigenvalue weighted by Crippen LogP contribution is 2.28. The first kappa shape index (κ1) is 6.52. The Morgan fingerprint density at radius 2 is 2.45 bits per heavy atom. The predicted molar refractivity (Wildman–Crippen MR) is 38.1 cm³/mol. The highest BCUT2D eigenvalue weighted by atomic mass is 16.1. The largest absolute Gasteiger partial charge is 0.325 e. The quantitative estimate of drug-likeness (QED) is 0.635. The van der Waals surface area contributed by atoms with Crippen LogP contribution in [0.2, 0.25) is 0 Å². The molecule has 1 aromatic heterocycles. The van der Waals surface area contributed by atoms with E-state index in [9.17, 15) is 4.79 Å². The average molecular weight is 151 g/mol. The molecule has 1 aliphatic rings. The van der Waals surface area contributed by atoms with Crippen LogP contribution in [0.15, 0.2) is 6.33 Å². The zero-order valence-corrected chi connectivity index (χ0v) is 6.08. The van der Waals surface area contributed by atoms with Crippen molar-refractivity contribution in [2.24, 2.45) is 5.92 Å². The van der Waals surface area contributed by atoms with Crippen molar-refractivity contribution in [1.82, 2.24) is 15.2 Å². The summed E-state index contributed by atoms with van der Waals surface area (Å²) in [4.78, 5) is 14.1. The second-order valence-corrected chi connectivity index (χ2v) is 2.83. The van der Waals surface area contributed by atoms with Crippen molar-refractivity contribution in [2.45, 2.75) is 19.3 Å². The highest BCUT2D eigenvalue weighted by molar-refractivity contribution is 5.94. The minimum Gasteiger partial charge on any atom is -0.325 e. The molecular weight excluding hydrogens is 142 g/mol. The van der Waals surface area contributed by atoms with Gasteiger partial charge < -0.3 is 4.98 Å². The molecular formula is C7H9N3O. The minimum absolute atomic E-state index is 0.119. The van der Waals surface area contributed by atoms with Gasteiger partial charge in [-0.2, -0.15) is 0 Å². The molecule has 4 nitrogen and oxygen atoms in total. The Bertz CT molecular complexity index is 251. The lowest BCUT2D eigenvalue weighted by molar-refractivity contribution is 0.0844. The van der Waals surface area contributed by atoms with Crippen LogP contribution in [-0.2, 0) is 0 Å². The van der Waals surface area contributed by atoms with Gasteiger partial charge in [-0.15, -0.1) is 10.2 Å². The zero-order chi connectivity index (χ0) is 7.68. The molecule has 0 bridgehead atoms. The van der Waals surface area contributed by atoms with E-state index in [1.807, 2.05) is 0 Å². The van der Waals surface area contributed by atoms with Gasteiger partial charge >= 0.3 is 0 Å². The second kappa shape index (κ2) is 2.45. The van der Waals surface area contributed by atoms with Crippen molar-refractivity contribution >= 4 is 5.78 Å². The number of hydrogen-bond acceptors (Lipinski definition) is 3. The van der Waals surface area contributed by atoms with E-state index in [0.717, 1.165) is 12.8 Å². The fraction of sp³-hybridized carbons (Fsp3) is 0.571. The Kier molecular flexibility index (Phi) is 1.45. The topological polar surface area (TPSA) is 58.6 Å². The number of aromatic amines is 1. The molecule has 0 aliphatic heterocycles. The van der Waals surface area contributed by atoms with E-state index >= 15 is 0 Å². The van der Waals surface area contributed by atoms with Crippen molar-refractivity contribution in [3.63, 3.8) is 0 Å². The van der Waals surface area contributed by atoms with Crippen molar-refractivity contribution in [2.75, 3.05) is 0 Å². The molecule has 1 heterocycles. The molecule has 0 aromatic carbocycles. The number of H-pyrrole nitrogens is 1. The lowest BCUT2D eigenvalue weighted by Gasteiger charge is -2.22. The Morgan fingerprint density at radius 3 is 2.91 bits per heavy atom. The van der Waals surface area contributed by atoms with Crippen molar-refractivity contribution < 1.29 is 4.79 Å². The molecule has 1 aliphatic carbocycles. The van der Waals surface area contributed by atoms with Crippen molar-refractivity contribution in [3.05, 3.63) is 12.2 Å². The van der Waals surface area contributed by atoms with Gasteiger partial charge in [0.15, 0.2) is 5.82 Å². The molecule has 1 fully saturated rings. The van der Waals surface area contributed by atoms with E-state index in [1.54, 1.807) is 0 Å². The third-order valence-electron chi connectivity index (χ3n) is 2.13. The van der Waals surface area contributed by atoms with Gasteiger partial charge in [0.25, 0.3) is 0 Å². The summed E-state index contributed by atoms with van der Waals surface area (Å²) < 4.78 is 0. The minimum atomic E-state index is 0.119. The maximum Gasteiger partial charge on any atom is 0.203 e. The van der Waals surface area contributed by atoms with Gasteiger partial charge in [0, 0.05) is 5.92 Å². The molecule has 11 heavy (non-hydrogen) atoms. The standard InChI is InChI=1S/C7H9N3O/c11-6(5-2-1-3-5)7-8-4-9-10-7/h4-5H,1-3H2,(H,8,9,10). The van der Waals surface area contributed by atoms with Gasteiger partial charge in [-0.3, -0.25) is 4.79 Å². The van der Waals surface area contributed by atoms with Crippen LogP contribution in [0.3, 0.4) is 0 Å². The predicted octanol–water partition coefficient (Wildman–Crippen LogP) is 0.788. The van der Waals surface area contributed by atoms with Crippen LogP contribution in [0.1, 0.15) is 29.9 Å². The average Bonchev–Trinajstić information content (AvgIpc) is 2.32. The van der Waals surface area contributed by atoms with Gasteiger partial charge in [0.1, 0.15) is 6.33 Å². The van der Waals surface area contributed by atoms with Crippen molar-refractivity contribution in [1.29, 1.82) is 0 Å². The molecule has 1 saturated carbocycles. The molecule has 0 amide bonds. The number of rotatable bonds is 2. The number of nitrogens with zero attached hydrogens (tertiary/aromatic N) is 2. The summed E-state index contributed by atoms with van der Waals surface area (Å²) >= 11 is 0. The normalized spacial score (nSPS) is 17.8. The van der Waals surface area contributed by atoms with Gasteiger partial charge in [-0.25, -0.2) is 0 Å². The van der Waals surface area contributed by atoms with Gasteiger partial charge in [-0.1, -0.05) is 6.42 Å². The molecule has 1 aromatic rings. The molecule has 0 saturated heterocycles. The van der Waals surface area contributed by atoms with E-state index in [0.29, 0.717) is 5.82 Å². The highest BCUT2D eigenvalue weighted by Gasteiger charge is 2.27. The first-order valence-electron chi connectivity index (χ1n) is 3.78. The molecule has 0 atom stereocenters. The van der Waals surface area contributed by atoms with Crippen molar-refractivity contribution in [3.8, 4) is 0 Å². The molecule has 0 spiro atoms. The molecule has 2 rings (SSSR count). The van der Waals surface area contributed by atoms with Crippen LogP contribution >= 0.6 is 0 Å². The Balaban J connectivity index is 2.10. The molecule has 0 unspecified atom stereocenters. The van der Waals surface area contributed by atoms with E-state index in [2.05, 4.69) is 15.2 Å². The second-order valence-electron chi connectivity index (χ2n) is 2.83. The van der Waals surface area contributed by atoms with Gasteiger partial charge in [0.2, 0.25) is 5.78 Å². The summed E-state index contributed by atoms with van der Waals surface area (Å²) in [5, 5.41) is 7.22. The number of Topliss-reactive ketones (excluding diaryl/α,β-unsaturated/α-hetero) is 1. The number of carbonyl (C=O) groups excluding carboxylic acids is 1. The number of ketones is 1. The molecule has 1 N–H and O–H groups in total.